The normalized spacial score (nSPS) is 12.0. The molecule has 4 aromatic carbocycles. The van der Waals surface area contributed by atoms with Crippen molar-refractivity contribution in [1.29, 1.82) is 0 Å². The Morgan fingerprint density at radius 1 is 0.696 bits per heavy atom. The van der Waals surface area contributed by atoms with Gasteiger partial charge in [0.25, 0.3) is 6.33 Å². The molecule has 3 aromatic heterocycles. The zero-order valence-corrected chi connectivity index (χ0v) is 29.2. The van der Waals surface area contributed by atoms with Gasteiger partial charge in [-0.2, -0.15) is 18.2 Å². The minimum atomic E-state index is 0. The first kappa shape index (κ1) is 31.5. The molecule has 0 saturated heterocycles. The predicted molar refractivity (Wildman–Crippen MR) is 180 cm³/mol. The number of rotatable bonds is 5. The second-order valence-corrected chi connectivity index (χ2v) is 13.5. The summed E-state index contributed by atoms with van der Waals surface area (Å²) in [7, 11) is 0. The molecule has 0 radical (unpaired) electrons. The molecule has 5 nitrogen and oxygen atoms in total. The van der Waals surface area contributed by atoms with Crippen LogP contribution in [0.4, 0.5) is 0 Å². The average Bonchev–Trinajstić information content (AvgIpc) is 3.64. The van der Waals surface area contributed by atoms with E-state index in [2.05, 4.69) is 107 Å². The number of pyridine rings is 1. The maximum atomic E-state index is 6.32. The van der Waals surface area contributed by atoms with Gasteiger partial charge < -0.3 is 13.9 Å². The van der Waals surface area contributed by atoms with E-state index in [1.165, 1.54) is 11.1 Å². The Balaban J connectivity index is 0.00000372. The van der Waals surface area contributed by atoms with Gasteiger partial charge in [-0.1, -0.05) is 71.5 Å². The van der Waals surface area contributed by atoms with E-state index in [4.69, 9.17) is 9.72 Å². The van der Waals surface area contributed by atoms with Gasteiger partial charge in [-0.3, -0.25) is 4.57 Å². The number of imidazole rings is 1. The van der Waals surface area contributed by atoms with Gasteiger partial charge in [0.15, 0.2) is 0 Å². The van der Waals surface area contributed by atoms with Crippen LogP contribution >= 0.6 is 0 Å². The van der Waals surface area contributed by atoms with Crippen molar-refractivity contribution in [2.24, 2.45) is 0 Å². The molecule has 0 aliphatic rings. The molecule has 6 heteroatoms. The smallest absolute Gasteiger partial charge is 0.267 e. The predicted octanol–water partition coefficient (Wildman–Crippen LogP) is 9.03. The van der Waals surface area contributed by atoms with E-state index < -0.39 is 0 Å². The summed E-state index contributed by atoms with van der Waals surface area (Å²) in [5.74, 6) is 1.20. The zero-order valence-electron chi connectivity index (χ0n) is 26.9. The second kappa shape index (κ2) is 12.0. The van der Waals surface area contributed by atoms with Crippen LogP contribution in [-0.2, 0) is 31.9 Å². The summed E-state index contributed by atoms with van der Waals surface area (Å²) in [5, 5.41) is 2.26. The molecule has 0 aliphatic heterocycles. The van der Waals surface area contributed by atoms with Crippen molar-refractivity contribution in [3.05, 3.63) is 139 Å². The fourth-order valence-electron chi connectivity index (χ4n) is 5.63. The van der Waals surface area contributed by atoms with Crippen molar-refractivity contribution >= 4 is 21.9 Å². The maximum absolute atomic E-state index is 6.32. The van der Waals surface area contributed by atoms with Gasteiger partial charge in [-0.25, -0.2) is 4.98 Å². The average molecular weight is 784 g/mol. The third-order valence-corrected chi connectivity index (χ3v) is 8.17. The summed E-state index contributed by atoms with van der Waals surface area (Å²) in [4.78, 5) is 4.70. The van der Waals surface area contributed by atoms with E-state index in [0.29, 0.717) is 11.5 Å². The van der Waals surface area contributed by atoms with Crippen LogP contribution < -0.4 is 9.30 Å². The molecule has 0 N–H and O–H groups in total. The summed E-state index contributed by atoms with van der Waals surface area (Å²) in [6.45, 7) is 13.5. The molecular formula is C40H36N4OPt-2. The number of aromatic nitrogens is 4. The van der Waals surface area contributed by atoms with Crippen LogP contribution in [0.3, 0.4) is 0 Å². The standard InChI is InChI=1S/C40H36N4O.Pt/c1-39(2,3)28-22-29(40(4,5)6)24-32(23-28)43-21-20-42(27-43)30-12-9-14-33(25-30)45-34-15-10-13-31(26-34)44-37-18-8-7-16-35(37)36-17-11-19-41-38(36)44;/h7-24H,1-6H3;/q-2;. The molecule has 0 bridgehead atoms. The fraction of sp³-hybridized carbons (Fsp3) is 0.200. The number of nitrogens with zero attached hydrogens (tertiary/aromatic N) is 4. The van der Waals surface area contributed by atoms with Crippen LogP contribution in [0.1, 0.15) is 52.7 Å². The summed E-state index contributed by atoms with van der Waals surface area (Å²) in [6.07, 6.45) is 9.34. The Morgan fingerprint density at radius 2 is 1.33 bits per heavy atom. The van der Waals surface area contributed by atoms with E-state index in [9.17, 15) is 0 Å². The van der Waals surface area contributed by atoms with Gasteiger partial charge in [0.05, 0.1) is 11.2 Å². The van der Waals surface area contributed by atoms with E-state index in [-0.39, 0.29) is 31.9 Å². The van der Waals surface area contributed by atoms with Gasteiger partial charge in [-0.05, 0) is 58.0 Å². The first-order valence-corrected chi connectivity index (χ1v) is 15.3. The van der Waals surface area contributed by atoms with Gasteiger partial charge in [-0.15, -0.1) is 30.3 Å². The van der Waals surface area contributed by atoms with Gasteiger partial charge >= 0.3 is 0 Å². The third kappa shape index (κ3) is 6.04. The largest absolute Gasteiger partial charge is 0.510 e. The van der Waals surface area contributed by atoms with Crippen molar-refractivity contribution in [3.63, 3.8) is 0 Å². The molecule has 0 saturated carbocycles. The van der Waals surface area contributed by atoms with Gasteiger partial charge in [0.1, 0.15) is 5.65 Å². The van der Waals surface area contributed by atoms with E-state index in [1.807, 2.05) is 76.3 Å². The zero-order chi connectivity index (χ0) is 31.3. The van der Waals surface area contributed by atoms with E-state index >= 15 is 0 Å². The maximum Gasteiger partial charge on any atom is 0.267 e. The molecular weight excluding hydrogens is 748 g/mol. The summed E-state index contributed by atoms with van der Waals surface area (Å²) < 4.78 is 12.4. The monoisotopic (exact) mass is 783 g/mol. The second-order valence-electron chi connectivity index (χ2n) is 13.5. The molecule has 0 aliphatic carbocycles. The summed E-state index contributed by atoms with van der Waals surface area (Å²) >= 11 is 0. The number of benzene rings is 4. The number of para-hydroxylation sites is 1. The van der Waals surface area contributed by atoms with Crippen LogP contribution in [0.15, 0.2) is 110 Å². The molecule has 0 atom stereocenters. The van der Waals surface area contributed by atoms with Crippen LogP contribution in [0.5, 0.6) is 11.5 Å². The van der Waals surface area contributed by atoms with Crippen molar-refractivity contribution in [3.8, 4) is 28.6 Å². The molecule has 3 heterocycles. The van der Waals surface area contributed by atoms with Gasteiger partial charge in [0.2, 0.25) is 0 Å². The summed E-state index contributed by atoms with van der Waals surface area (Å²) in [6, 6.07) is 38.0. The van der Waals surface area contributed by atoms with Crippen molar-refractivity contribution < 1.29 is 30.4 Å². The van der Waals surface area contributed by atoms with Crippen LogP contribution in [0.2, 0.25) is 0 Å². The number of ether oxygens (including phenoxy) is 1. The molecule has 7 aromatic rings. The molecule has 0 amide bonds. The molecule has 234 valence electrons. The van der Waals surface area contributed by atoms with Crippen LogP contribution in [0.25, 0.3) is 39.0 Å². The molecule has 46 heavy (non-hydrogen) atoms. The third-order valence-electron chi connectivity index (χ3n) is 8.17. The van der Waals surface area contributed by atoms with E-state index in [0.717, 1.165) is 39.0 Å². The van der Waals surface area contributed by atoms with Crippen LogP contribution in [0, 0.1) is 18.5 Å². The quantitative estimate of drug-likeness (QED) is 0.129. The Morgan fingerprint density at radius 3 is 2.02 bits per heavy atom. The molecule has 0 unspecified atom stereocenters. The Hall–Kier alpha value is -4.47. The fourth-order valence-corrected chi connectivity index (χ4v) is 5.63. The number of hydrogen-bond acceptors (Lipinski definition) is 2. The Bertz CT molecular complexity index is 2090. The number of fused-ring (bicyclic) bond motifs is 3. The Kier molecular flexibility index (Phi) is 8.25. The molecule has 0 fully saturated rings. The Labute approximate surface area is 285 Å². The van der Waals surface area contributed by atoms with Crippen molar-refractivity contribution in [2.75, 3.05) is 0 Å². The minimum Gasteiger partial charge on any atom is -0.510 e. The molecule has 0 spiro atoms. The number of hydrogen-bond donors (Lipinski definition) is 0. The van der Waals surface area contributed by atoms with Crippen LogP contribution in [-0.4, -0.2) is 14.1 Å². The topological polar surface area (TPSA) is 35.9 Å². The SMILES string of the molecule is CC(C)(C)c1cc(-[n+]2[c-]n(-c3[c-]c(Oc4[c-]c(-n5c6ccccc6c6cccnc65)ccc4)ccc3)cc2)cc(C(C)(C)C)c1.[Pt]. The first-order chi connectivity index (χ1) is 21.5. The van der Waals surface area contributed by atoms with E-state index in [1.54, 1.807) is 0 Å². The molecule has 7 rings (SSSR count). The van der Waals surface area contributed by atoms with Crippen molar-refractivity contribution in [2.45, 2.75) is 52.4 Å². The summed E-state index contributed by atoms with van der Waals surface area (Å²) in [5.41, 5.74) is 7.41. The van der Waals surface area contributed by atoms with Gasteiger partial charge in [0, 0.05) is 61.9 Å². The minimum absolute atomic E-state index is 0. The first-order valence-electron chi connectivity index (χ1n) is 15.3. The van der Waals surface area contributed by atoms with Crippen molar-refractivity contribution in [1.82, 2.24) is 14.1 Å².